The summed E-state index contributed by atoms with van der Waals surface area (Å²) in [6, 6.07) is 1.46. The van der Waals surface area contributed by atoms with E-state index in [9.17, 15) is 4.79 Å². The molecule has 2 N–H and O–H groups in total. The number of urea groups is 1. The molecular weight excluding hydrogens is 276 g/mol. The summed E-state index contributed by atoms with van der Waals surface area (Å²) < 4.78 is 0. The van der Waals surface area contributed by atoms with Crippen LogP contribution in [0.2, 0.25) is 5.02 Å². The van der Waals surface area contributed by atoms with Crippen molar-refractivity contribution < 1.29 is 4.79 Å². The van der Waals surface area contributed by atoms with Gasteiger partial charge in [-0.05, 0) is 44.5 Å². The first kappa shape index (κ1) is 15.1. The van der Waals surface area contributed by atoms with Gasteiger partial charge in [0.1, 0.15) is 0 Å². The van der Waals surface area contributed by atoms with Crippen LogP contribution in [0.25, 0.3) is 0 Å². The molecule has 2 amide bonds. The zero-order chi connectivity index (χ0) is 14.6. The first-order valence-electron chi connectivity index (χ1n) is 6.81. The van der Waals surface area contributed by atoms with Crippen LogP contribution in [0, 0.1) is 5.41 Å². The highest BCUT2D eigenvalue weighted by Gasteiger charge is 2.29. The number of nitrogens with zero attached hydrogens (tertiary/aromatic N) is 2. The molecule has 0 unspecified atom stereocenters. The van der Waals surface area contributed by atoms with Crippen LogP contribution in [-0.4, -0.2) is 42.6 Å². The van der Waals surface area contributed by atoms with Crippen molar-refractivity contribution in [2.75, 3.05) is 32.0 Å². The predicted molar refractivity (Wildman–Crippen MR) is 81.1 cm³/mol. The minimum absolute atomic E-state index is 0.177. The molecule has 0 bridgehead atoms. The molecule has 1 aromatic rings. The SMILES string of the molecule is CN1CCC(C)(CNC(=O)Nc2cncc(Cl)c2)CC1. The maximum atomic E-state index is 11.9. The van der Waals surface area contributed by atoms with Gasteiger partial charge in [0.2, 0.25) is 0 Å². The molecule has 1 saturated heterocycles. The van der Waals surface area contributed by atoms with E-state index in [1.807, 2.05) is 0 Å². The average molecular weight is 297 g/mol. The number of hydrogen-bond donors (Lipinski definition) is 2. The third-order valence-corrected chi connectivity index (χ3v) is 4.04. The Morgan fingerprint density at radius 2 is 2.15 bits per heavy atom. The summed E-state index contributed by atoms with van der Waals surface area (Å²) >= 11 is 5.82. The van der Waals surface area contributed by atoms with Gasteiger partial charge >= 0.3 is 6.03 Å². The first-order chi connectivity index (χ1) is 9.47. The Balaban J connectivity index is 1.80. The minimum atomic E-state index is -0.214. The van der Waals surface area contributed by atoms with Gasteiger partial charge in [-0.25, -0.2) is 4.79 Å². The summed E-state index contributed by atoms with van der Waals surface area (Å²) in [4.78, 5) is 18.1. The fourth-order valence-corrected chi connectivity index (χ4v) is 2.46. The molecule has 0 radical (unpaired) electrons. The van der Waals surface area contributed by atoms with Gasteiger partial charge in [-0.2, -0.15) is 0 Å². The Hall–Kier alpha value is -1.33. The molecule has 0 atom stereocenters. The number of aromatic nitrogens is 1. The van der Waals surface area contributed by atoms with Crippen LogP contribution in [0.5, 0.6) is 0 Å². The van der Waals surface area contributed by atoms with E-state index in [-0.39, 0.29) is 11.4 Å². The molecule has 2 heterocycles. The van der Waals surface area contributed by atoms with Crippen LogP contribution >= 0.6 is 11.6 Å². The van der Waals surface area contributed by atoms with Crippen molar-refractivity contribution >= 4 is 23.3 Å². The fraction of sp³-hybridized carbons (Fsp3) is 0.571. The molecule has 1 aromatic heterocycles. The molecule has 5 nitrogen and oxygen atoms in total. The lowest BCUT2D eigenvalue weighted by molar-refractivity contribution is 0.139. The van der Waals surface area contributed by atoms with E-state index in [1.165, 1.54) is 6.20 Å². The van der Waals surface area contributed by atoms with Gasteiger partial charge in [0.05, 0.1) is 16.9 Å². The van der Waals surface area contributed by atoms with Gasteiger partial charge in [0.25, 0.3) is 0 Å². The molecule has 0 aliphatic carbocycles. The largest absolute Gasteiger partial charge is 0.337 e. The lowest BCUT2D eigenvalue weighted by Gasteiger charge is -2.37. The Morgan fingerprint density at radius 1 is 1.45 bits per heavy atom. The van der Waals surface area contributed by atoms with Crippen LogP contribution in [-0.2, 0) is 0 Å². The van der Waals surface area contributed by atoms with Crippen molar-refractivity contribution in [3.8, 4) is 0 Å². The van der Waals surface area contributed by atoms with Gasteiger partial charge in [0.15, 0.2) is 0 Å². The highest BCUT2D eigenvalue weighted by Crippen LogP contribution is 2.29. The van der Waals surface area contributed by atoms with Gasteiger partial charge in [0, 0.05) is 12.7 Å². The van der Waals surface area contributed by atoms with Crippen LogP contribution in [0.3, 0.4) is 0 Å². The third-order valence-electron chi connectivity index (χ3n) is 3.83. The molecule has 1 fully saturated rings. The van der Waals surface area contributed by atoms with E-state index in [0.717, 1.165) is 25.9 Å². The minimum Gasteiger partial charge on any atom is -0.337 e. The predicted octanol–water partition coefficient (Wildman–Crippen LogP) is 2.59. The van der Waals surface area contributed by atoms with E-state index >= 15 is 0 Å². The Kier molecular flexibility index (Phi) is 4.83. The summed E-state index contributed by atoms with van der Waals surface area (Å²) in [7, 11) is 2.13. The van der Waals surface area contributed by atoms with Crippen molar-refractivity contribution in [1.29, 1.82) is 0 Å². The van der Waals surface area contributed by atoms with E-state index in [1.54, 1.807) is 12.3 Å². The highest BCUT2D eigenvalue weighted by atomic mass is 35.5. The van der Waals surface area contributed by atoms with Crippen molar-refractivity contribution in [1.82, 2.24) is 15.2 Å². The van der Waals surface area contributed by atoms with E-state index in [2.05, 4.69) is 34.5 Å². The van der Waals surface area contributed by atoms with Crippen LogP contribution in [0.15, 0.2) is 18.5 Å². The number of hydrogen-bond acceptors (Lipinski definition) is 3. The third kappa shape index (κ3) is 4.35. The van der Waals surface area contributed by atoms with E-state index in [4.69, 9.17) is 11.6 Å². The summed E-state index contributed by atoms with van der Waals surface area (Å²) in [5.41, 5.74) is 0.778. The number of piperidine rings is 1. The van der Waals surface area contributed by atoms with Crippen molar-refractivity contribution in [3.05, 3.63) is 23.5 Å². The summed E-state index contributed by atoms with van der Waals surface area (Å²) in [5, 5.41) is 6.18. The topological polar surface area (TPSA) is 57.3 Å². The lowest BCUT2D eigenvalue weighted by atomic mass is 9.80. The monoisotopic (exact) mass is 296 g/mol. The molecule has 20 heavy (non-hydrogen) atoms. The maximum Gasteiger partial charge on any atom is 0.319 e. The molecule has 1 aliphatic heterocycles. The Labute approximate surface area is 124 Å². The molecule has 0 spiro atoms. The average Bonchev–Trinajstić information content (AvgIpc) is 2.41. The zero-order valence-electron chi connectivity index (χ0n) is 11.9. The van der Waals surface area contributed by atoms with Crippen LogP contribution in [0.4, 0.5) is 10.5 Å². The number of amides is 2. The van der Waals surface area contributed by atoms with Crippen LogP contribution in [0.1, 0.15) is 19.8 Å². The fourth-order valence-electron chi connectivity index (χ4n) is 2.28. The molecule has 1 aliphatic rings. The number of likely N-dealkylation sites (tertiary alicyclic amines) is 1. The summed E-state index contributed by atoms with van der Waals surface area (Å²) in [5.74, 6) is 0. The molecule has 6 heteroatoms. The van der Waals surface area contributed by atoms with Crippen LogP contribution < -0.4 is 10.6 Å². The number of halogens is 1. The van der Waals surface area contributed by atoms with Gasteiger partial charge in [-0.15, -0.1) is 0 Å². The smallest absolute Gasteiger partial charge is 0.319 e. The quantitative estimate of drug-likeness (QED) is 0.901. The van der Waals surface area contributed by atoms with Gasteiger partial charge in [-0.3, -0.25) is 4.98 Å². The summed E-state index contributed by atoms with van der Waals surface area (Å²) in [6.07, 6.45) is 5.30. The number of pyridine rings is 1. The Morgan fingerprint density at radius 3 is 2.80 bits per heavy atom. The highest BCUT2D eigenvalue weighted by molar-refractivity contribution is 6.30. The summed E-state index contributed by atoms with van der Waals surface area (Å²) in [6.45, 7) is 5.07. The number of carbonyl (C=O) groups is 1. The molecule has 110 valence electrons. The van der Waals surface area contributed by atoms with Gasteiger partial charge < -0.3 is 15.5 Å². The zero-order valence-corrected chi connectivity index (χ0v) is 12.7. The second-order valence-corrected chi connectivity index (χ2v) is 6.25. The van der Waals surface area contributed by atoms with Crippen molar-refractivity contribution in [2.24, 2.45) is 5.41 Å². The number of anilines is 1. The molecule has 0 aromatic carbocycles. The van der Waals surface area contributed by atoms with Crippen molar-refractivity contribution in [2.45, 2.75) is 19.8 Å². The number of nitrogens with one attached hydrogen (secondary N) is 2. The lowest BCUT2D eigenvalue weighted by Crippen LogP contribution is -2.44. The second kappa shape index (κ2) is 6.41. The maximum absolute atomic E-state index is 11.9. The number of carbonyl (C=O) groups excluding carboxylic acids is 1. The Bertz CT molecular complexity index is 472. The molecule has 2 rings (SSSR count). The van der Waals surface area contributed by atoms with E-state index < -0.39 is 0 Å². The standard InChI is InChI=1S/C14H21ClN4O/c1-14(3-5-19(2)6-4-14)10-17-13(20)18-12-7-11(15)8-16-9-12/h7-9H,3-6,10H2,1-2H3,(H2,17,18,20). The molecular formula is C14H21ClN4O. The van der Waals surface area contributed by atoms with E-state index in [0.29, 0.717) is 17.3 Å². The second-order valence-electron chi connectivity index (χ2n) is 5.81. The van der Waals surface area contributed by atoms with Crippen molar-refractivity contribution in [3.63, 3.8) is 0 Å². The van der Waals surface area contributed by atoms with Gasteiger partial charge in [-0.1, -0.05) is 18.5 Å². The first-order valence-corrected chi connectivity index (χ1v) is 7.19. The number of rotatable bonds is 3. The molecule has 0 saturated carbocycles. The normalized spacial score (nSPS) is 18.6.